The van der Waals surface area contributed by atoms with Crippen LogP contribution in [0.25, 0.3) is 27.8 Å². The third-order valence-corrected chi connectivity index (χ3v) is 4.57. The normalized spacial score (nSPS) is 11.0. The molecular weight excluding hydrogens is 398 g/mol. The minimum absolute atomic E-state index is 0.107. The van der Waals surface area contributed by atoms with Crippen molar-refractivity contribution in [1.82, 2.24) is 20.0 Å². The van der Waals surface area contributed by atoms with E-state index in [-0.39, 0.29) is 17.1 Å². The average Bonchev–Trinajstić information content (AvgIpc) is 3.12. The molecule has 1 N–H and O–H groups in total. The fourth-order valence-corrected chi connectivity index (χ4v) is 3.25. The van der Waals surface area contributed by atoms with Crippen LogP contribution in [-0.4, -0.2) is 36.0 Å². The predicted octanol–water partition coefficient (Wildman–Crippen LogP) is 4.05. The summed E-state index contributed by atoms with van der Waals surface area (Å²) in [6, 6.07) is 12.5. The summed E-state index contributed by atoms with van der Waals surface area (Å²) in [7, 11) is 0. The molecule has 144 valence electrons. The number of nitrogens with zero attached hydrogens (tertiary/aromatic N) is 5. The Kier molecular flexibility index (Phi) is 4.44. The first-order valence-corrected chi connectivity index (χ1v) is 8.74. The molecule has 0 amide bonds. The number of pyridine rings is 1. The second-order valence-electron chi connectivity index (χ2n) is 6.25. The number of aromatic carboxylic acids is 1. The standard InChI is InChI=1S/C19H12ClN5O4/c1-10-8-16(14-7-4-12(20)9-15(14)21-10)24-18(17(19(26)27)22-23-24)11-2-5-13(6-3-11)25(28)29/h2-9H,1H3,(H,26,27). The topological polar surface area (TPSA) is 124 Å². The number of carboxylic acid groups (broad SMARTS) is 1. The van der Waals surface area contributed by atoms with Gasteiger partial charge in [-0.1, -0.05) is 16.8 Å². The van der Waals surface area contributed by atoms with E-state index >= 15 is 0 Å². The Hall–Kier alpha value is -3.85. The molecule has 2 aromatic heterocycles. The molecular formula is C19H12ClN5O4. The Balaban J connectivity index is 2.00. The smallest absolute Gasteiger partial charge is 0.358 e. The molecule has 4 aromatic rings. The number of nitro groups is 1. The lowest BCUT2D eigenvalue weighted by atomic mass is 10.1. The van der Waals surface area contributed by atoms with Crippen molar-refractivity contribution >= 4 is 34.2 Å². The Morgan fingerprint density at radius 2 is 1.90 bits per heavy atom. The van der Waals surface area contributed by atoms with Crippen molar-refractivity contribution in [2.24, 2.45) is 0 Å². The fraction of sp³-hybridized carbons (Fsp3) is 0.0526. The van der Waals surface area contributed by atoms with Crippen molar-refractivity contribution in [2.45, 2.75) is 6.92 Å². The SMILES string of the molecule is Cc1cc(-n2nnc(C(=O)O)c2-c2ccc([N+](=O)[O-])cc2)c2ccc(Cl)cc2n1. The Bertz CT molecular complexity index is 1280. The predicted molar refractivity (Wildman–Crippen MR) is 105 cm³/mol. The van der Waals surface area contributed by atoms with Crippen LogP contribution in [0.15, 0.2) is 48.5 Å². The molecule has 9 nitrogen and oxygen atoms in total. The summed E-state index contributed by atoms with van der Waals surface area (Å²) in [6.07, 6.45) is 0. The molecule has 2 heterocycles. The van der Waals surface area contributed by atoms with Crippen LogP contribution >= 0.6 is 11.6 Å². The second kappa shape index (κ2) is 6.95. The van der Waals surface area contributed by atoms with E-state index in [0.29, 0.717) is 32.9 Å². The van der Waals surface area contributed by atoms with E-state index in [2.05, 4.69) is 15.3 Å². The van der Waals surface area contributed by atoms with E-state index in [0.717, 1.165) is 0 Å². The van der Waals surface area contributed by atoms with Gasteiger partial charge >= 0.3 is 5.97 Å². The van der Waals surface area contributed by atoms with Gasteiger partial charge in [-0.3, -0.25) is 15.1 Å². The maximum absolute atomic E-state index is 11.7. The highest BCUT2D eigenvalue weighted by atomic mass is 35.5. The first kappa shape index (κ1) is 18.5. The van der Waals surface area contributed by atoms with Crippen molar-refractivity contribution in [2.75, 3.05) is 0 Å². The zero-order valence-corrected chi connectivity index (χ0v) is 15.7. The van der Waals surface area contributed by atoms with Crippen LogP contribution in [0.2, 0.25) is 5.02 Å². The number of aryl methyl sites for hydroxylation is 1. The molecule has 2 aromatic carbocycles. The molecule has 0 saturated carbocycles. The number of rotatable bonds is 4. The summed E-state index contributed by atoms with van der Waals surface area (Å²) in [5.41, 5.74) is 2.12. The summed E-state index contributed by atoms with van der Waals surface area (Å²) in [6.45, 7) is 1.80. The molecule has 0 spiro atoms. The lowest BCUT2D eigenvalue weighted by Crippen LogP contribution is -2.05. The quantitative estimate of drug-likeness (QED) is 0.398. The van der Waals surface area contributed by atoms with Crippen molar-refractivity contribution in [3.63, 3.8) is 0 Å². The van der Waals surface area contributed by atoms with Crippen LogP contribution in [0.4, 0.5) is 5.69 Å². The number of hydrogen-bond donors (Lipinski definition) is 1. The molecule has 0 saturated heterocycles. The van der Waals surface area contributed by atoms with E-state index < -0.39 is 10.9 Å². The molecule has 0 aliphatic carbocycles. The highest BCUT2D eigenvalue weighted by Gasteiger charge is 2.23. The van der Waals surface area contributed by atoms with E-state index in [9.17, 15) is 20.0 Å². The zero-order valence-electron chi connectivity index (χ0n) is 14.9. The lowest BCUT2D eigenvalue weighted by Gasteiger charge is -2.11. The fourth-order valence-electron chi connectivity index (χ4n) is 3.08. The highest BCUT2D eigenvalue weighted by Crippen LogP contribution is 2.31. The molecule has 0 fully saturated rings. The minimum atomic E-state index is -1.26. The van der Waals surface area contributed by atoms with Gasteiger partial charge in [0.05, 0.1) is 16.1 Å². The van der Waals surface area contributed by atoms with E-state index in [1.54, 1.807) is 31.2 Å². The van der Waals surface area contributed by atoms with Crippen LogP contribution in [0.3, 0.4) is 0 Å². The van der Waals surface area contributed by atoms with Crippen LogP contribution in [0, 0.1) is 17.0 Å². The van der Waals surface area contributed by atoms with Crippen molar-refractivity contribution in [3.8, 4) is 16.9 Å². The van der Waals surface area contributed by atoms with Gasteiger partial charge in [-0.15, -0.1) is 5.10 Å². The Morgan fingerprint density at radius 1 is 1.17 bits per heavy atom. The van der Waals surface area contributed by atoms with Crippen LogP contribution in [0.5, 0.6) is 0 Å². The molecule has 0 unspecified atom stereocenters. The van der Waals surface area contributed by atoms with Gasteiger partial charge in [-0.25, -0.2) is 9.48 Å². The summed E-state index contributed by atoms with van der Waals surface area (Å²) < 4.78 is 1.40. The van der Waals surface area contributed by atoms with Gasteiger partial charge in [-0.05, 0) is 43.3 Å². The zero-order chi connectivity index (χ0) is 20.7. The van der Waals surface area contributed by atoms with Crippen molar-refractivity contribution < 1.29 is 14.8 Å². The summed E-state index contributed by atoms with van der Waals surface area (Å²) >= 11 is 6.08. The van der Waals surface area contributed by atoms with Gasteiger partial charge in [0.2, 0.25) is 0 Å². The summed E-state index contributed by atoms with van der Waals surface area (Å²) in [5.74, 6) is -1.26. The van der Waals surface area contributed by atoms with Gasteiger partial charge in [0, 0.05) is 33.8 Å². The third kappa shape index (κ3) is 3.27. The van der Waals surface area contributed by atoms with E-state index in [4.69, 9.17) is 11.6 Å². The number of nitro benzene ring substituents is 1. The van der Waals surface area contributed by atoms with Crippen molar-refractivity contribution in [1.29, 1.82) is 0 Å². The van der Waals surface area contributed by atoms with E-state index in [1.807, 2.05) is 0 Å². The Labute approximate surface area is 168 Å². The Morgan fingerprint density at radius 3 is 2.55 bits per heavy atom. The number of fused-ring (bicyclic) bond motifs is 1. The molecule has 4 rings (SSSR count). The maximum Gasteiger partial charge on any atom is 0.358 e. The van der Waals surface area contributed by atoms with Gasteiger partial charge in [0.15, 0.2) is 5.69 Å². The molecule has 0 aliphatic heterocycles. The molecule has 0 bridgehead atoms. The molecule has 29 heavy (non-hydrogen) atoms. The number of carbonyl (C=O) groups is 1. The van der Waals surface area contributed by atoms with E-state index in [1.165, 1.54) is 28.9 Å². The number of benzene rings is 2. The molecule has 0 aliphatic rings. The van der Waals surface area contributed by atoms with Crippen LogP contribution in [-0.2, 0) is 0 Å². The first-order valence-electron chi connectivity index (χ1n) is 8.36. The summed E-state index contributed by atoms with van der Waals surface area (Å²) in [4.78, 5) is 26.6. The van der Waals surface area contributed by atoms with Crippen LogP contribution < -0.4 is 0 Å². The highest BCUT2D eigenvalue weighted by molar-refractivity contribution is 6.31. The monoisotopic (exact) mass is 409 g/mol. The lowest BCUT2D eigenvalue weighted by molar-refractivity contribution is -0.384. The van der Waals surface area contributed by atoms with Gasteiger partial charge in [-0.2, -0.15) is 0 Å². The number of halogens is 1. The van der Waals surface area contributed by atoms with Gasteiger partial charge in [0.1, 0.15) is 5.69 Å². The largest absolute Gasteiger partial charge is 0.476 e. The van der Waals surface area contributed by atoms with Crippen LogP contribution in [0.1, 0.15) is 16.2 Å². The average molecular weight is 410 g/mol. The molecule has 0 radical (unpaired) electrons. The first-order chi connectivity index (χ1) is 13.8. The minimum Gasteiger partial charge on any atom is -0.476 e. The number of carboxylic acids is 1. The number of aromatic nitrogens is 4. The van der Waals surface area contributed by atoms with Gasteiger partial charge < -0.3 is 5.11 Å². The second-order valence-corrected chi connectivity index (χ2v) is 6.69. The maximum atomic E-state index is 11.7. The number of non-ortho nitro benzene ring substituents is 1. The molecule has 0 atom stereocenters. The van der Waals surface area contributed by atoms with Crippen molar-refractivity contribution in [3.05, 3.63) is 75.1 Å². The molecule has 10 heteroatoms. The number of hydrogen-bond acceptors (Lipinski definition) is 6. The third-order valence-electron chi connectivity index (χ3n) is 4.33. The van der Waals surface area contributed by atoms with Gasteiger partial charge in [0.25, 0.3) is 5.69 Å². The summed E-state index contributed by atoms with van der Waals surface area (Å²) in [5, 5.41) is 29.6.